The lowest BCUT2D eigenvalue weighted by molar-refractivity contribution is 0.671. The van der Waals surface area contributed by atoms with Crippen LogP contribution < -0.4 is 5.32 Å². The highest BCUT2D eigenvalue weighted by molar-refractivity contribution is 5.62. The van der Waals surface area contributed by atoms with Crippen LogP contribution in [0.5, 0.6) is 0 Å². The van der Waals surface area contributed by atoms with Crippen LogP contribution in [0.1, 0.15) is 11.3 Å². The Morgan fingerprint density at radius 3 is 2.70 bits per heavy atom. The molecule has 1 aromatic carbocycles. The fourth-order valence-electron chi connectivity index (χ4n) is 2.05. The van der Waals surface area contributed by atoms with Crippen LogP contribution in [-0.4, -0.2) is 20.4 Å². The van der Waals surface area contributed by atoms with E-state index in [1.54, 1.807) is 6.20 Å². The summed E-state index contributed by atoms with van der Waals surface area (Å²) in [5, 5.41) is 18.4. The fraction of sp³-hybridized carbons (Fsp3) is 0.133. The summed E-state index contributed by atoms with van der Waals surface area (Å²) < 4.78 is 0. The van der Waals surface area contributed by atoms with Gasteiger partial charge < -0.3 is 5.32 Å². The lowest BCUT2D eigenvalue weighted by atomic mass is 10.1. The van der Waals surface area contributed by atoms with Crippen molar-refractivity contribution in [3.63, 3.8) is 0 Å². The van der Waals surface area contributed by atoms with Gasteiger partial charge >= 0.3 is 0 Å². The number of aromatic amines is 1. The highest BCUT2D eigenvalue weighted by Crippen LogP contribution is 2.20. The Balaban J connectivity index is 1.66. The minimum atomic E-state index is 0.688. The van der Waals surface area contributed by atoms with Crippen molar-refractivity contribution in [1.29, 1.82) is 0 Å². The predicted octanol–water partition coefficient (Wildman–Crippen LogP) is 2.16. The average Bonchev–Trinajstić information content (AvgIpc) is 2.98. The molecule has 0 bridgehead atoms. The van der Waals surface area contributed by atoms with E-state index in [4.69, 9.17) is 0 Å². The van der Waals surface area contributed by atoms with Gasteiger partial charge in [0, 0.05) is 24.8 Å². The highest BCUT2D eigenvalue weighted by Gasteiger charge is 2.06. The molecule has 0 aliphatic heterocycles. The zero-order valence-corrected chi connectivity index (χ0v) is 11.0. The van der Waals surface area contributed by atoms with Crippen LogP contribution >= 0.6 is 0 Å². The molecule has 0 saturated heterocycles. The Morgan fingerprint density at radius 2 is 1.90 bits per heavy atom. The number of H-pyrrole nitrogens is 1. The second-order valence-electron chi connectivity index (χ2n) is 4.45. The van der Waals surface area contributed by atoms with Gasteiger partial charge in [0.25, 0.3) is 0 Å². The number of hydrogen-bond donors (Lipinski definition) is 2. The molecule has 2 aromatic heterocycles. The van der Waals surface area contributed by atoms with E-state index >= 15 is 0 Å². The normalized spacial score (nSPS) is 10.6. The first kappa shape index (κ1) is 12.5. The SMILES string of the molecule is c1ccc(-c2[nH]ncc2CNCc2cccnn2)cc1. The van der Waals surface area contributed by atoms with Gasteiger partial charge in [-0.3, -0.25) is 5.10 Å². The van der Waals surface area contributed by atoms with Crippen molar-refractivity contribution in [2.75, 3.05) is 0 Å². The zero-order valence-electron chi connectivity index (χ0n) is 11.0. The van der Waals surface area contributed by atoms with Crippen LogP contribution in [0.2, 0.25) is 0 Å². The Hall–Kier alpha value is -2.53. The van der Waals surface area contributed by atoms with E-state index in [1.807, 2.05) is 36.5 Å². The molecule has 2 N–H and O–H groups in total. The maximum Gasteiger partial charge on any atom is 0.0769 e. The highest BCUT2D eigenvalue weighted by atomic mass is 15.1. The van der Waals surface area contributed by atoms with Gasteiger partial charge in [-0.15, -0.1) is 0 Å². The Bertz CT molecular complexity index is 648. The largest absolute Gasteiger partial charge is 0.307 e. The first-order valence-electron chi connectivity index (χ1n) is 6.48. The smallest absolute Gasteiger partial charge is 0.0769 e. The molecular formula is C15H15N5. The molecule has 100 valence electrons. The second kappa shape index (κ2) is 6.08. The number of aromatic nitrogens is 4. The molecule has 0 radical (unpaired) electrons. The van der Waals surface area contributed by atoms with Gasteiger partial charge in [0.1, 0.15) is 0 Å². The van der Waals surface area contributed by atoms with Crippen molar-refractivity contribution in [3.05, 3.63) is 66.1 Å². The summed E-state index contributed by atoms with van der Waals surface area (Å²) in [4.78, 5) is 0. The molecule has 2 heterocycles. The summed E-state index contributed by atoms with van der Waals surface area (Å²) in [5.74, 6) is 0. The summed E-state index contributed by atoms with van der Waals surface area (Å²) in [7, 11) is 0. The monoisotopic (exact) mass is 265 g/mol. The van der Waals surface area contributed by atoms with Crippen molar-refractivity contribution >= 4 is 0 Å². The van der Waals surface area contributed by atoms with Crippen molar-refractivity contribution < 1.29 is 0 Å². The molecule has 0 unspecified atom stereocenters. The van der Waals surface area contributed by atoms with Crippen LogP contribution in [0.4, 0.5) is 0 Å². The standard InChI is InChI=1S/C15H15N5/c1-2-5-12(6-3-1)15-13(10-18-20-15)9-16-11-14-7-4-8-17-19-14/h1-8,10,16H,9,11H2,(H,18,20). The maximum absolute atomic E-state index is 4.13. The molecule has 0 saturated carbocycles. The quantitative estimate of drug-likeness (QED) is 0.742. The summed E-state index contributed by atoms with van der Waals surface area (Å²) in [6.07, 6.45) is 3.53. The maximum atomic E-state index is 4.13. The van der Waals surface area contributed by atoms with Crippen LogP contribution in [0, 0.1) is 0 Å². The van der Waals surface area contributed by atoms with Gasteiger partial charge in [-0.2, -0.15) is 15.3 Å². The second-order valence-corrected chi connectivity index (χ2v) is 4.45. The van der Waals surface area contributed by atoms with E-state index in [0.717, 1.165) is 29.1 Å². The van der Waals surface area contributed by atoms with E-state index in [9.17, 15) is 0 Å². The molecule has 5 heteroatoms. The summed E-state index contributed by atoms with van der Waals surface area (Å²) >= 11 is 0. The van der Waals surface area contributed by atoms with Gasteiger partial charge in [-0.1, -0.05) is 30.3 Å². The fourth-order valence-corrected chi connectivity index (χ4v) is 2.05. The van der Waals surface area contributed by atoms with Gasteiger partial charge in [0.2, 0.25) is 0 Å². The average molecular weight is 265 g/mol. The van der Waals surface area contributed by atoms with Crippen molar-refractivity contribution in [1.82, 2.24) is 25.7 Å². The van der Waals surface area contributed by atoms with E-state index in [0.29, 0.717) is 6.54 Å². The van der Waals surface area contributed by atoms with E-state index in [2.05, 4.69) is 37.8 Å². The number of nitrogens with one attached hydrogen (secondary N) is 2. The summed E-state index contributed by atoms with van der Waals surface area (Å²) in [6, 6.07) is 14.0. The molecule has 5 nitrogen and oxygen atoms in total. The third-order valence-corrected chi connectivity index (χ3v) is 3.03. The summed E-state index contributed by atoms with van der Waals surface area (Å²) in [6.45, 7) is 1.42. The molecule has 0 fully saturated rings. The zero-order chi connectivity index (χ0) is 13.6. The van der Waals surface area contributed by atoms with Gasteiger partial charge in [-0.05, 0) is 17.7 Å². The Kier molecular flexibility index (Phi) is 3.80. The molecule has 0 amide bonds. The molecule has 0 aliphatic carbocycles. The minimum Gasteiger partial charge on any atom is -0.307 e. The number of rotatable bonds is 5. The van der Waals surface area contributed by atoms with Crippen LogP contribution in [0.15, 0.2) is 54.9 Å². The predicted molar refractivity (Wildman–Crippen MR) is 76.6 cm³/mol. The molecule has 0 aliphatic rings. The summed E-state index contributed by atoms with van der Waals surface area (Å²) in [5.41, 5.74) is 4.26. The van der Waals surface area contributed by atoms with Crippen LogP contribution in [0.3, 0.4) is 0 Å². The van der Waals surface area contributed by atoms with Crippen molar-refractivity contribution in [2.24, 2.45) is 0 Å². The van der Waals surface area contributed by atoms with Crippen molar-refractivity contribution in [2.45, 2.75) is 13.1 Å². The van der Waals surface area contributed by atoms with Gasteiger partial charge in [0.15, 0.2) is 0 Å². The van der Waals surface area contributed by atoms with Crippen LogP contribution in [0.25, 0.3) is 11.3 Å². The molecule has 3 aromatic rings. The van der Waals surface area contributed by atoms with Gasteiger partial charge in [0.05, 0.1) is 17.6 Å². The molecule has 0 atom stereocenters. The Labute approximate surface area is 117 Å². The lowest BCUT2D eigenvalue weighted by Crippen LogP contribution is -2.14. The van der Waals surface area contributed by atoms with Crippen LogP contribution in [-0.2, 0) is 13.1 Å². The molecule has 20 heavy (non-hydrogen) atoms. The number of hydrogen-bond acceptors (Lipinski definition) is 4. The Morgan fingerprint density at radius 1 is 1.00 bits per heavy atom. The van der Waals surface area contributed by atoms with Crippen molar-refractivity contribution in [3.8, 4) is 11.3 Å². The minimum absolute atomic E-state index is 0.688. The topological polar surface area (TPSA) is 66.5 Å². The number of nitrogens with zero attached hydrogens (tertiary/aromatic N) is 3. The van der Waals surface area contributed by atoms with E-state index in [-0.39, 0.29) is 0 Å². The third kappa shape index (κ3) is 2.89. The first-order valence-corrected chi connectivity index (χ1v) is 6.48. The third-order valence-electron chi connectivity index (χ3n) is 3.03. The molecular weight excluding hydrogens is 250 g/mol. The molecule has 3 rings (SSSR count). The van der Waals surface area contributed by atoms with Gasteiger partial charge in [-0.25, -0.2) is 0 Å². The van der Waals surface area contributed by atoms with E-state index < -0.39 is 0 Å². The molecule has 0 spiro atoms. The first-order chi connectivity index (χ1) is 9.93. The lowest BCUT2D eigenvalue weighted by Gasteiger charge is -2.05. The van der Waals surface area contributed by atoms with E-state index in [1.165, 1.54) is 0 Å². The number of benzene rings is 1.